The van der Waals surface area contributed by atoms with E-state index in [1.807, 2.05) is 31.2 Å². The van der Waals surface area contributed by atoms with Crippen molar-refractivity contribution in [3.8, 4) is 11.6 Å². The first-order chi connectivity index (χ1) is 14.1. The maximum Gasteiger partial charge on any atom is 0.238 e. The van der Waals surface area contributed by atoms with E-state index in [4.69, 9.17) is 20.5 Å². The highest BCUT2D eigenvalue weighted by molar-refractivity contribution is 6.30. The zero-order valence-electron chi connectivity index (χ0n) is 15.6. The average Bonchev–Trinajstić information content (AvgIpc) is 3.46. The summed E-state index contributed by atoms with van der Waals surface area (Å²) >= 11 is 5.93. The Morgan fingerprint density at radius 2 is 2.07 bits per heavy atom. The van der Waals surface area contributed by atoms with Crippen LogP contribution < -0.4 is 5.32 Å². The number of nitrogens with one attached hydrogen (secondary N) is 1. The Kier molecular flexibility index (Phi) is 5.44. The number of hydrogen-bond acceptors (Lipinski definition) is 6. The van der Waals surface area contributed by atoms with Gasteiger partial charge in [0.05, 0.1) is 19.0 Å². The predicted octanol–water partition coefficient (Wildman–Crippen LogP) is 4.11. The Balaban J connectivity index is 1.37. The van der Waals surface area contributed by atoms with Gasteiger partial charge in [-0.1, -0.05) is 28.9 Å². The number of hydrogen-bond donors (Lipinski definition) is 1. The predicted molar refractivity (Wildman–Crippen MR) is 106 cm³/mol. The third kappa shape index (κ3) is 4.55. The number of furan rings is 1. The van der Waals surface area contributed by atoms with Crippen molar-refractivity contribution in [3.63, 3.8) is 0 Å². The molecular formula is C20H18ClN5O3. The molecule has 1 N–H and O–H groups in total. The lowest BCUT2D eigenvalue weighted by Crippen LogP contribution is -2.17. The van der Waals surface area contributed by atoms with Crippen LogP contribution in [0.25, 0.3) is 11.6 Å². The zero-order chi connectivity index (χ0) is 20.2. The van der Waals surface area contributed by atoms with E-state index in [2.05, 4.69) is 20.6 Å². The van der Waals surface area contributed by atoms with Crippen molar-refractivity contribution in [1.82, 2.24) is 19.9 Å². The highest BCUT2D eigenvalue weighted by Gasteiger charge is 2.15. The molecule has 1 aromatic carbocycles. The van der Waals surface area contributed by atoms with Crippen molar-refractivity contribution in [2.24, 2.45) is 0 Å². The molecule has 0 saturated carbocycles. The lowest BCUT2D eigenvalue weighted by atomic mass is 10.2. The summed E-state index contributed by atoms with van der Waals surface area (Å²) in [5, 5.41) is 11.8. The number of aromatic nitrogens is 4. The van der Waals surface area contributed by atoms with Crippen molar-refractivity contribution in [2.75, 3.05) is 5.32 Å². The van der Waals surface area contributed by atoms with Gasteiger partial charge in [-0.05, 0) is 36.8 Å². The molecule has 3 aromatic heterocycles. The van der Waals surface area contributed by atoms with Gasteiger partial charge in [0.1, 0.15) is 5.82 Å². The van der Waals surface area contributed by atoms with Gasteiger partial charge in [-0.25, -0.2) is 4.68 Å². The molecule has 4 aromatic rings. The second kappa shape index (κ2) is 8.32. The smallest absolute Gasteiger partial charge is 0.238 e. The van der Waals surface area contributed by atoms with Crippen molar-refractivity contribution in [3.05, 3.63) is 70.9 Å². The number of rotatable bonds is 7. The SMILES string of the molecule is Cc1cnn(Cc2ccc(Cl)cc2)c1NC(=O)CCc1nc(-c2ccco2)no1. The second-order valence-corrected chi connectivity index (χ2v) is 6.93. The molecule has 0 unspecified atom stereocenters. The Hall–Kier alpha value is -3.39. The molecular weight excluding hydrogens is 394 g/mol. The highest BCUT2D eigenvalue weighted by Crippen LogP contribution is 2.19. The number of benzene rings is 1. The van der Waals surface area contributed by atoms with Gasteiger partial charge in [-0.15, -0.1) is 0 Å². The first kappa shape index (κ1) is 18.9. The Bertz CT molecular complexity index is 1100. The van der Waals surface area contributed by atoms with Crippen LogP contribution in [0, 0.1) is 6.92 Å². The molecule has 3 heterocycles. The van der Waals surface area contributed by atoms with Crippen LogP contribution in [-0.4, -0.2) is 25.8 Å². The summed E-state index contributed by atoms with van der Waals surface area (Å²) in [4.78, 5) is 16.7. The van der Waals surface area contributed by atoms with E-state index in [0.717, 1.165) is 11.1 Å². The maximum atomic E-state index is 12.4. The number of nitrogens with zero attached hydrogens (tertiary/aromatic N) is 4. The number of carbonyl (C=O) groups is 1. The van der Waals surface area contributed by atoms with E-state index < -0.39 is 0 Å². The molecule has 0 spiro atoms. The molecule has 9 heteroatoms. The Morgan fingerprint density at radius 3 is 2.83 bits per heavy atom. The van der Waals surface area contributed by atoms with Crippen molar-refractivity contribution < 1.29 is 13.7 Å². The first-order valence-electron chi connectivity index (χ1n) is 9.01. The van der Waals surface area contributed by atoms with Gasteiger partial charge in [0, 0.05) is 23.4 Å². The molecule has 29 heavy (non-hydrogen) atoms. The molecule has 1 amide bonds. The monoisotopic (exact) mass is 411 g/mol. The molecule has 0 bridgehead atoms. The normalized spacial score (nSPS) is 11.0. The molecule has 0 aliphatic carbocycles. The topological polar surface area (TPSA) is 99.0 Å². The summed E-state index contributed by atoms with van der Waals surface area (Å²) in [5.74, 6) is 1.75. The lowest BCUT2D eigenvalue weighted by molar-refractivity contribution is -0.116. The van der Waals surface area contributed by atoms with E-state index in [0.29, 0.717) is 41.3 Å². The number of aryl methyl sites for hydroxylation is 2. The first-order valence-corrected chi connectivity index (χ1v) is 9.39. The van der Waals surface area contributed by atoms with Gasteiger partial charge in [0.25, 0.3) is 0 Å². The summed E-state index contributed by atoms with van der Waals surface area (Å²) in [5.41, 5.74) is 1.91. The summed E-state index contributed by atoms with van der Waals surface area (Å²) in [7, 11) is 0. The van der Waals surface area contributed by atoms with Gasteiger partial charge in [0.2, 0.25) is 17.6 Å². The van der Waals surface area contributed by atoms with E-state index >= 15 is 0 Å². The molecule has 0 saturated heterocycles. The fraction of sp³-hybridized carbons (Fsp3) is 0.200. The van der Waals surface area contributed by atoms with Crippen LogP contribution in [0.15, 0.2) is 57.8 Å². The van der Waals surface area contributed by atoms with E-state index in [1.165, 1.54) is 6.26 Å². The van der Waals surface area contributed by atoms with Gasteiger partial charge in [0.15, 0.2) is 5.76 Å². The Morgan fingerprint density at radius 1 is 1.24 bits per heavy atom. The van der Waals surface area contributed by atoms with Gasteiger partial charge < -0.3 is 14.3 Å². The number of carbonyl (C=O) groups excluding carboxylic acids is 1. The molecule has 148 valence electrons. The number of amides is 1. The third-order valence-electron chi connectivity index (χ3n) is 4.30. The van der Waals surface area contributed by atoms with Crippen LogP contribution in [0.4, 0.5) is 5.82 Å². The van der Waals surface area contributed by atoms with Gasteiger partial charge in [-0.2, -0.15) is 10.1 Å². The molecule has 4 rings (SSSR count). The number of anilines is 1. The van der Waals surface area contributed by atoms with Crippen LogP contribution in [0.1, 0.15) is 23.4 Å². The van der Waals surface area contributed by atoms with Crippen LogP contribution in [-0.2, 0) is 17.8 Å². The quantitative estimate of drug-likeness (QED) is 0.491. The molecule has 0 aliphatic rings. The summed E-state index contributed by atoms with van der Waals surface area (Å²) < 4.78 is 12.2. The standard InChI is InChI=1S/C20H18ClN5O3/c1-13-11-22-26(12-14-4-6-15(21)7-5-14)20(13)23-17(27)8-9-18-24-19(25-29-18)16-3-2-10-28-16/h2-7,10-11H,8-9,12H2,1H3,(H,23,27). The van der Waals surface area contributed by atoms with Gasteiger partial charge >= 0.3 is 0 Å². The molecule has 0 fully saturated rings. The van der Waals surface area contributed by atoms with Crippen LogP contribution in [0.2, 0.25) is 5.02 Å². The van der Waals surface area contributed by atoms with E-state index in [9.17, 15) is 4.79 Å². The number of halogens is 1. The zero-order valence-corrected chi connectivity index (χ0v) is 16.4. The Labute approximate surface area is 171 Å². The van der Waals surface area contributed by atoms with E-state index in [1.54, 1.807) is 23.0 Å². The molecule has 8 nitrogen and oxygen atoms in total. The highest BCUT2D eigenvalue weighted by atomic mass is 35.5. The van der Waals surface area contributed by atoms with Crippen molar-refractivity contribution in [1.29, 1.82) is 0 Å². The maximum absolute atomic E-state index is 12.4. The minimum Gasteiger partial charge on any atom is -0.461 e. The summed E-state index contributed by atoms with van der Waals surface area (Å²) in [6, 6.07) is 11.0. The lowest BCUT2D eigenvalue weighted by Gasteiger charge is -2.10. The molecule has 0 aliphatic heterocycles. The second-order valence-electron chi connectivity index (χ2n) is 6.50. The third-order valence-corrected chi connectivity index (χ3v) is 4.55. The summed E-state index contributed by atoms with van der Waals surface area (Å²) in [6.45, 7) is 2.42. The van der Waals surface area contributed by atoms with Crippen LogP contribution in [0.5, 0.6) is 0 Å². The largest absolute Gasteiger partial charge is 0.461 e. The fourth-order valence-electron chi connectivity index (χ4n) is 2.80. The van der Waals surface area contributed by atoms with Crippen LogP contribution >= 0.6 is 11.6 Å². The van der Waals surface area contributed by atoms with E-state index in [-0.39, 0.29) is 12.3 Å². The van der Waals surface area contributed by atoms with Crippen molar-refractivity contribution in [2.45, 2.75) is 26.3 Å². The average molecular weight is 412 g/mol. The van der Waals surface area contributed by atoms with Gasteiger partial charge in [-0.3, -0.25) is 4.79 Å². The van der Waals surface area contributed by atoms with Crippen LogP contribution in [0.3, 0.4) is 0 Å². The minimum absolute atomic E-state index is 0.163. The molecule has 0 atom stereocenters. The minimum atomic E-state index is -0.163. The van der Waals surface area contributed by atoms with Crippen molar-refractivity contribution >= 4 is 23.3 Å². The fourth-order valence-corrected chi connectivity index (χ4v) is 2.93. The molecule has 0 radical (unpaired) electrons. The summed E-state index contributed by atoms with van der Waals surface area (Å²) in [6.07, 6.45) is 3.78.